The Hall–Kier alpha value is -1.55. The first-order chi connectivity index (χ1) is 10.6. The van der Waals surface area contributed by atoms with Crippen molar-refractivity contribution < 1.29 is 9.53 Å². The molecule has 1 aliphatic heterocycles. The van der Waals surface area contributed by atoms with Crippen LogP contribution in [-0.2, 0) is 4.79 Å². The van der Waals surface area contributed by atoms with E-state index in [-0.39, 0.29) is 5.91 Å². The lowest BCUT2D eigenvalue weighted by atomic mass is 10.0. The van der Waals surface area contributed by atoms with Crippen LogP contribution < -0.4 is 10.1 Å². The van der Waals surface area contributed by atoms with Crippen LogP contribution in [0.15, 0.2) is 24.3 Å². The van der Waals surface area contributed by atoms with E-state index in [2.05, 4.69) is 31.3 Å². The molecule has 1 fully saturated rings. The van der Waals surface area contributed by atoms with Crippen LogP contribution in [0.5, 0.6) is 5.75 Å². The molecule has 1 N–H and O–H groups in total. The van der Waals surface area contributed by atoms with E-state index in [1.54, 1.807) is 0 Å². The molecular formula is C18H28N2O2. The van der Waals surface area contributed by atoms with Gasteiger partial charge in [-0.2, -0.15) is 0 Å². The Bertz CT molecular complexity index is 470. The molecule has 122 valence electrons. The molecular weight excluding hydrogens is 276 g/mol. The van der Waals surface area contributed by atoms with Gasteiger partial charge in [0, 0.05) is 19.1 Å². The van der Waals surface area contributed by atoms with Crippen LogP contribution in [0.2, 0.25) is 0 Å². The molecule has 0 bridgehead atoms. The molecule has 1 unspecified atom stereocenters. The maximum absolute atomic E-state index is 12.3. The van der Waals surface area contributed by atoms with Crippen molar-refractivity contribution in [2.45, 2.75) is 45.1 Å². The van der Waals surface area contributed by atoms with Crippen molar-refractivity contribution in [3.8, 4) is 5.75 Å². The monoisotopic (exact) mass is 304 g/mol. The first-order valence-electron chi connectivity index (χ1n) is 8.28. The summed E-state index contributed by atoms with van der Waals surface area (Å²) in [5.41, 5.74) is 1.30. The number of hydrogen-bond donors (Lipinski definition) is 1. The van der Waals surface area contributed by atoms with Crippen LogP contribution in [0, 0.1) is 0 Å². The van der Waals surface area contributed by atoms with Crippen LogP contribution in [-0.4, -0.2) is 43.6 Å². The number of likely N-dealkylation sites (tertiary alicyclic amines) is 1. The van der Waals surface area contributed by atoms with Crippen molar-refractivity contribution in [2.75, 3.05) is 26.7 Å². The summed E-state index contributed by atoms with van der Waals surface area (Å²) >= 11 is 0. The molecule has 2 rings (SSSR count). The minimum atomic E-state index is 0.205. The van der Waals surface area contributed by atoms with E-state index in [0.717, 1.165) is 31.7 Å². The number of carbonyl (C=O) groups is 1. The summed E-state index contributed by atoms with van der Waals surface area (Å²) in [5.74, 6) is 1.57. The van der Waals surface area contributed by atoms with Crippen LogP contribution in [0.1, 0.15) is 44.6 Å². The summed E-state index contributed by atoms with van der Waals surface area (Å²) < 4.78 is 5.70. The second-order valence-corrected chi connectivity index (χ2v) is 6.26. The Kier molecular flexibility index (Phi) is 6.25. The fourth-order valence-corrected chi connectivity index (χ4v) is 2.96. The van der Waals surface area contributed by atoms with Crippen molar-refractivity contribution >= 4 is 5.91 Å². The highest BCUT2D eigenvalue weighted by molar-refractivity contribution is 5.77. The molecule has 1 aromatic rings. The highest BCUT2D eigenvalue weighted by Gasteiger charge is 2.27. The number of carbonyl (C=O) groups excluding carboxylic acids is 1. The van der Waals surface area contributed by atoms with Crippen molar-refractivity contribution in [2.24, 2.45) is 0 Å². The Morgan fingerprint density at radius 2 is 2.09 bits per heavy atom. The fourth-order valence-electron chi connectivity index (χ4n) is 2.96. The van der Waals surface area contributed by atoms with Crippen molar-refractivity contribution in [1.82, 2.24) is 10.2 Å². The molecule has 22 heavy (non-hydrogen) atoms. The molecule has 4 nitrogen and oxygen atoms in total. The third-order valence-electron chi connectivity index (χ3n) is 4.27. The standard InChI is InChI=1S/C18H28N2O2/c1-14(2)15-6-8-17(9-7-15)22-12-10-18(21)20-11-4-5-16(20)13-19-3/h6-9,14,16,19H,4-5,10-13H2,1-3H3. The van der Waals surface area contributed by atoms with Gasteiger partial charge in [-0.25, -0.2) is 0 Å². The quantitative estimate of drug-likeness (QED) is 0.842. The Morgan fingerprint density at radius 3 is 2.73 bits per heavy atom. The number of benzene rings is 1. The van der Waals surface area contributed by atoms with Crippen LogP contribution >= 0.6 is 0 Å². The minimum Gasteiger partial charge on any atom is -0.493 e. The van der Waals surface area contributed by atoms with Gasteiger partial charge >= 0.3 is 0 Å². The van der Waals surface area contributed by atoms with Crippen molar-refractivity contribution in [1.29, 1.82) is 0 Å². The van der Waals surface area contributed by atoms with E-state index in [4.69, 9.17) is 4.74 Å². The van der Waals surface area contributed by atoms with Crippen molar-refractivity contribution in [3.63, 3.8) is 0 Å². The molecule has 1 atom stereocenters. The van der Waals surface area contributed by atoms with Gasteiger partial charge in [-0.15, -0.1) is 0 Å². The summed E-state index contributed by atoms with van der Waals surface area (Å²) in [6.07, 6.45) is 2.66. The molecule has 1 heterocycles. The molecule has 0 aromatic heterocycles. The van der Waals surface area contributed by atoms with Gasteiger partial charge in [0.25, 0.3) is 0 Å². The highest BCUT2D eigenvalue weighted by Crippen LogP contribution is 2.20. The number of likely N-dealkylation sites (N-methyl/N-ethyl adjacent to an activating group) is 1. The van der Waals surface area contributed by atoms with Gasteiger partial charge in [0.15, 0.2) is 0 Å². The van der Waals surface area contributed by atoms with Crippen LogP contribution in [0.25, 0.3) is 0 Å². The predicted octanol–water partition coefficient (Wildman–Crippen LogP) is 2.79. The molecule has 0 aliphatic carbocycles. The first kappa shape index (κ1) is 16.8. The zero-order valence-corrected chi connectivity index (χ0v) is 14.0. The summed E-state index contributed by atoms with van der Waals surface area (Å²) in [5, 5.41) is 3.17. The molecule has 1 aromatic carbocycles. The van der Waals surface area contributed by atoms with Gasteiger partial charge in [-0.1, -0.05) is 26.0 Å². The fraction of sp³-hybridized carbons (Fsp3) is 0.611. The van der Waals surface area contributed by atoms with E-state index in [1.807, 2.05) is 24.1 Å². The zero-order valence-electron chi connectivity index (χ0n) is 14.0. The minimum absolute atomic E-state index is 0.205. The third kappa shape index (κ3) is 4.47. The summed E-state index contributed by atoms with van der Waals surface area (Å²) in [6, 6.07) is 8.50. The zero-order chi connectivity index (χ0) is 15.9. The largest absolute Gasteiger partial charge is 0.493 e. The first-order valence-corrected chi connectivity index (χ1v) is 8.28. The van der Waals surface area contributed by atoms with E-state index < -0.39 is 0 Å². The summed E-state index contributed by atoms with van der Waals surface area (Å²) in [4.78, 5) is 14.3. The number of rotatable bonds is 7. The third-order valence-corrected chi connectivity index (χ3v) is 4.27. The maximum atomic E-state index is 12.3. The molecule has 0 spiro atoms. The van der Waals surface area contributed by atoms with E-state index in [9.17, 15) is 4.79 Å². The summed E-state index contributed by atoms with van der Waals surface area (Å²) in [7, 11) is 1.94. The smallest absolute Gasteiger partial charge is 0.226 e. The van der Waals surface area contributed by atoms with Gasteiger partial charge in [0.2, 0.25) is 5.91 Å². The lowest BCUT2D eigenvalue weighted by molar-refractivity contribution is -0.132. The lowest BCUT2D eigenvalue weighted by Gasteiger charge is -2.24. The van der Waals surface area contributed by atoms with E-state index >= 15 is 0 Å². The van der Waals surface area contributed by atoms with Crippen LogP contribution in [0.4, 0.5) is 0 Å². The number of nitrogens with zero attached hydrogens (tertiary/aromatic N) is 1. The average molecular weight is 304 g/mol. The number of hydrogen-bond acceptors (Lipinski definition) is 3. The topological polar surface area (TPSA) is 41.6 Å². The number of ether oxygens (including phenoxy) is 1. The highest BCUT2D eigenvalue weighted by atomic mass is 16.5. The molecule has 4 heteroatoms. The lowest BCUT2D eigenvalue weighted by Crippen LogP contribution is -2.41. The van der Waals surface area contributed by atoms with Gasteiger partial charge in [0.1, 0.15) is 5.75 Å². The maximum Gasteiger partial charge on any atom is 0.226 e. The van der Waals surface area contributed by atoms with Crippen molar-refractivity contribution in [3.05, 3.63) is 29.8 Å². The SMILES string of the molecule is CNCC1CCCN1C(=O)CCOc1ccc(C(C)C)cc1. The van der Waals surface area contributed by atoms with Crippen LogP contribution in [0.3, 0.4) is 0 Å². The normalized spacial score (nSPS) is 18.0. The molecule has 0 radical (unpaired) electrons. The van der Waals surface area contributed by atoms with Gasteiger partial charge in [-0.3, -0.25) is 4.79 Å². The van der Waals surface area contributed by atoms with E-state index in [0.29, 0.717) is 25.0 Å². The molecule has 1 saturated heterocycles. The number of nitrogens with one attached hydrogen (secondary N) is 1. The average Bonchev–Trinajstić information content (AvgIpc) is 2.96. The predicted molar refractivity (Wildman–Crippen MR) is 89.3 cm³/mol. The number of amides is 1. The Morgan fingerprint density at radius 1 is 1.36 bits per heavy atom. The second kappa shape index (κ2) is 8.18. The molecule has 1 amide bonds. The molecule has 0 saturated carbocycles. The second-order valence-electron chi connectivity index (χ2n) is 6.26. The van der Waals surface area contributed by atoms with E-state index in [1.165, 1.54) is 5.56 Å². The van der Waals surface area contributed by atoms with Gasteiger partial charge in [-0.05, 0) is 43.5 Å². The molecule has 1 aliphatic rings. The summed E-state index contributed by atoms with van der Waals surface area (Å²) in [6.45, 7) is 6.55. The van der Waals surface area contributed by atoms with Gasteiger partial charge in [0.05, 0.1) is 13.0 Å². The Labute approximate surface area is 133 Å². The van der Waals surface area contributed by atoms with Gasteiger partial charge < -0.3 is 15.0 Å². The Balaban J connectivity index is 1.77.